The minimum Gasteiger partial charge on any atom is -0.481 e. The quantitative estimate of drug-likeness (QED) is 0.703. The monoisotopic (exact) mass is 284 g/mol. The molecule has 1 heterocycles. The number of nitrogens with one attached hydrogen (secondary N) is 1. The number of carbonyl (C=O) groups excluding carboxylic acids is 1. The van der Waals surface area contributed by atoms with Gasteiger partial charge in [-0.15, -0.1) is 0 Å². The van der Waals surface area contributed by atoms with Gasteiger partial charge >= 0.3 is 12.0 Å². The van der Waals surface area contributed by atoms with Crippen molar-refractivity contribution in [1.29, 1.82) is 0 Å². The molecule has 1 saturated carbocycles. The van der Waals surface area contributed by atoms with Crippen molar-refractivity contribution < 1.29 is 19.8 Å². The van der Waals surface area contributed by atoms with E-state index in [0.29, 0.717) is 19.6 Å². The fraction of sp³-hybridized carbons (Fsp3) is 0.857. The van der Waals surface area contributed by atoms with Gasteiger partial charge in [-0.25, -0.2) is 4.79 Å². The van der Waals surface area contributed by atoms with Gasteiger partial charge in [-0.2, -0.15) is 0 Å². The van der Waals surface area contributed by atoms with E-state index in [0.717, 1.165) is 25.7 Å². The number of amides is 2. The molecule has 2 amide bonds. The molecule has 0 aromatic heterocycles. The molecule has 1 aliphatic heterocycles. The van der Waals surface area contributed by atoms with Crippen LogP contribution in [0.25, 0.3) is 0 Å². The van der Waals surface area contributed by atoms with E-state index in [1.165, 1.54) is 0 Å². The standard InChI is InChI=1S/C14H24N2O4/c1-10(17)11-3-6-16(8-11)13(20)15-9-14(4-2-5-14)7-12(18)19/h10-11,17H,2-9H2,1H3,(H,15,20)(H,18,19). The number of likely N-dealkylation sites (tertiary alicyclic amines) is 1. The minimum atomic E-state index is -0.797. The average molecular weight is 284 g/mol. The third kappa shape index (κ3) is 3.42. The summed E-state index contributed by atoms with van der Waals surface area (Å²) in [6.45, 7) is 3.43. The summed E-state index contributed by atoms with van der Waals surface area (Å²) < 4.78 is 0. The molecule has 1 aliphatic carbocycles. The highest BCUT2D eigenvalue weighted by Gasteiger charge is 2.40. The van der Waals surface area contributed by atoms with Crippen molar-refractivity contribution in [2.75, 3.05) is 19.6 Å². The fourth-order valence-corrected chi connectivity index (χ4v) is 3.15. The van der Waals surface area contributed by atoms with Crippen LogP contribution in [-0.4, -0.2) is 52.9 Å². The molecule has 20 heavy (non-hydrogen) atoms. The zero-order chi connectivity index (χ0) is 14.8. The van der Waals surface area contributed by atoms with Crippen LogP contribution in [0.1, 0.15) is 39.0 Å². The number of carboxylic acids is 1. The van der Waals surface area contributed by atoms with E-state index in [2.05, 4.69) is 5.32 Å². The molecule has 2 unspecified atom stereocenters. The van der Waals surface area contributed by atoms with Crippen LogP contribution in [0.15, 0.2) is 0 Å². The van der Waals surface area contributed by atoms with E-state index in [1.54, 1.807) is 11.8 Å². The number of nitrogens with zero attached hydrogens (tertiary/aromatic N) is 1. The third-order valence-corrected chi connectivity index (χ3v) is 4.75. The SMILES string of the molecule is CC(O)C1CCN(C(=O)NCC2(CC(=O)O)CCC2)C1. The lowest BCUT2D eigenvalue weighted by Crippen LogP contribution is -2.47. The van der Waals surface area contributed by atoms with Gasteiger partial charge in [0.15, 0.2) is 0 Å². The molecule has 1 saturated heterocycles. The Balaban J connectivity index is 1.79. The summed E-state index contributed by atoms with van der Waals surface area (Å²) in [5.41, 5.74) is -0.245. The molecule has 0 spiro atoms. The van der Waals surface area contributed by atoms with Crippen LogP contribution in [0.5, 0.6) is 0 Å². The number of carbonyl (C=O) groups is 2. The first-order valence-electron chi connectivity index (χ1n) is 7.34. The molecule has 2 aliphatic rings. The Bertz CT molecular complexity index is 379. The predicted molar refractivity (Wildman–Crippen MR) is 73.3 cm³/mol. The normalized spacial score (nSPS) is 25.9. The van der Waals surface area contributed by atoms with Crippen molar-refractivity contribution in [3.63, 3.8) is 0 Å². The minimum absolute atomic E-state index is 0.129. The summed E-state index contributed by atoms with van der Waals surface area (Å²) in [6, 6.07) is -0.134. The number of aliphatic hydroxyl groups excluding tert-OH is 1. The maximum absolute atomic E-state index is 12.1. The van der Waals surface area contributed by atoms with E-state index >= 15 is 0 Å². The van der Waals surface area contributed by atoms with Gasteiger partial charge in [0.05, 0.1) is 12.5 Å². The maximum Gasteiger partial charge on any atom is 0.317 e. The second kappa shape index (κ2) is 5.99. The average Bonchev–Trinajstić information content (AvgIpc) is 2.81. The second-order valence-corrected chi connectivity index (χ2v) is 6.32. The number of carboxylic acid groups (broad SMARTS) is 1. The van der Waals surface area contributed by atoms with E-state index in [-0.39, 0.29) is 23.8 Å². The summed E-state index contributed by atoms with van der Waals surface area (Å²) in [5, 5.41) is 21.3. The summed E-state index contributed by atoms with van der Waals surface area (Å²) in [5.74, 6) is -0.647. The van der Waals surface area contributed by atoms with Gasteiger partial charge in [0.25, 0.3) is 0 Å². The van der Waals surface area contributed by atoms with Crippen LogP contribution in [-0.2, 0) is 4.79 Å². The van der Waals surface area contributed by atoms with Gasteiger partial charge in [0.1, 0.15) is 0 Å². The highest BCUT2D eigenvalue weighted by atomic mass is 16.4. The first-order valence-corrected chi connectivity index (χ1v) is 7.34. The number of urea groups is 1. The highest BCUT2D eigenvalue weighted by Crippen LogP contribution is 2.43. The van der Waals surface area contributed by atoms with Gasteiger partial charge in [-0.3, -0.25) is 4.79 Å². The van der Waals surface area contributed by atoms with Gasteiger partial charge in [0, 0.05) is 25.6 Å². The van der Waals surface area contributed by atoms with Crippen molar-refractivity contribution in [3.05, 3.63) is 0 Å². The molecule has 2 atom stereocenters. The number of rotatable bonds is 5. The molecule has 0 radical (unpaired) electrons. The van der Waals surface area contributed by atoms with Gasteiger partial charge in [-0.05, 0) is 31.6 Å². The Morgan fingerprint density at radius 2 is 2.15 bits per heavy atom. The van der Waals surface area contributed by atoms with Crippen LogP contribution >= 0.6 is 0 Å². The molecule has 2 fully saturated rings. The van der Waals surface area contributed by atoms with Crippen LogP contribution < -0.4 is 5.32 Å². The first kappa shape index (κ1) is 15.1. The smallest absolute Gasteiger partial charge is 0.317 e. The van der Waals surface area contributed by atoms with Crippen LogP contribution in [0.4, 0.5) is 4.79 Å². The molecule has 0 bridgehead atoms. The Morgan fingerprint density at radius 1 is 1.45 bits per heavy atom. The zero-order valence-corrected chi connectivity index (χ0v) is 12.0. The predicted octanol–water partition coefficient (Wildman–Crippen LogP) is 1.04. The molecular weight excluding hydrogens is 260 g/mol. The number of aliphatic hydroxyl groups is 1. The lowest BCUT2D eigenvalue weighted by molar-refractivity contribution is -0.141. The van der Waals surface area contributed by atoms with Crippen LogP contribution in [0.2, 0.25) is 0 Å². The molecule has 2 rings (SSSR count). The summed E-state index contributed by atoms with van der Waals surface area (Å²) in [6.07, 6.45) is 3.34. The van der Waals surface area contributed by atoms with Crippen molar-refractivity contribution in [3.8, 4) is 0 Å². The Labute approximate surface area is 119 Å². The maximum atomic E-state index is 12.1. The zero-order valence-electron chi connectivity index (χ0n) is 12.0. The molecule has 3 N–H and O–H groups in total. The van der Waals surface area contributed by atoms with Gasteiger partial charge in [0.2, 0.25) is 0 Å². The molecule has 0 aromatic carbocycles. The number of hydrogen-bond donors (Lipinski definition) is 3. The second-order valence-electron chi connectivity index (χ2n) is 6.32. The lowest BCUT2D eigenvalue weighted by Gasteiger charge is -2.41. The third-order valence-electron chi connectivity index (χ3n) is 4.75. The molecule has 114 valence electrons. The molecule has 0 aromatic rings. The van der Waals surface area contributed by atoms with Gasteiger partial charge in [-0.1, -0.05) is 6.42 Å². The van der Waals surface area contributed by atoms with Crippen molar-refractivity contribution in [2.24, 2.45) is 11.3 Å². The fourth-order valence-electron chi connectivity index (χ4n) is 3.15. The lowest BCUT2D eigenvalue weighted by atomic mass is 9.66. The van der Waals surface area contributed by atoms with Crippen LogP contribution in [0.3, 0.4) is 0 Å². The summed E-state index contributed by atoms with van der Waals surface area (Å²) in [7, 11) is 0. The Kier molecular flexibility index (Phi) is 4.52. The van der Waals surface area contributed by atoms with E-state index in [1.807, 2.05) is 0 Å². The number of aliphatic carboxylic acids is 1. The van der Waals surface area contributed by atoms with E-state index in [9.17, 15) is 14.7 Å². The first-order chi connectivity index (χ1) is 9.42. The van der Waals surface area contributed by atoms with E-state index in [4.69, 9.17) is 5.11 Å². The van der Waals surface area contributed by atoms with Crippen LogP contribution in [0, 0.1) is 11.3 Å². The summed E-state index contributed by atoms with van der Waals surface area (Å²) in [4.78, 5) is 24.7. The molecule has 6 nitrogen and oxygen atoms in total. The molecular formula is C14H24N2O4. The Hall–Kier alpha value is -1.30. The highest BCUT2D eigenvalue weighted by molar-refractivity contribution is 5.75. The Morgan fingerprint density at radius 3 is 2.60 bits per heavy atom. The van der Waals surface area contributed by atoms with Crippen molar-refractivity contribution >= 4 is 12.0 Å². The summed E-state index contributed by atoms with van der Waals surface area (Å²) >= 11 is 0. The number of hydrogen-bond acceptors (Lipinski definition) is 3. The topological polar surface area (TPSA) is 89.9 Å². The van der Waals surface area contributed by atoms with E-state index < -0.39 is 12.1 Å². The van der Waals surface area contributed by atoms with Gasteiger partial charge < -0.3 is 20.4 Å². The van der Waals surface area contributed by atoms with Crippen molar-refractivity contribution in [1.82, 2.24) is 10.2 Å². The molecule has 6 heteroatoms. The van der Waals surface area contributed by atoms with Crippen molar-refractivity contribution in [2.45, 2.75) is 45.1 Å². The largest absolute Gasteiger partial charge is 0.481 e.